The minimum Gasteiger partial charge on any atom is -0.497 e. The Bertz CT molecular complexity index is 1170. The van der Waals surface area contributed by atoms with E-state index in [4.69, 9.17) is 23.7 Å². The van der Waals surface area contributed by atoms with E-state index in [2.05, 4.69) is 5.32 Å². The van der Waals surface area contributed by atoms with Crippen LogP contribution in [0.3, 0.4) is 0 Å². The lowest BCUT2D eigenvalue weighted by molar-refractivity contribution is -0.115. The molecule has 2 aromatic carbocycles. The molecular formula is C25H27NO7S. The summed E-state index contributed by atoms with van der Waals surface area (Å²) in [5.74, 6) is 1.45. The maximum atomic E-state index is 12.9. The monoisotopic (exact) mass is 485 g/mol. The molecule has 0 aliphatic heterocycles. The maximum Gasteiger partial charge on any atom is 0.341 e. The topological polar surface area (TPSA) is 92.3 Å². The molecule has 0 fully saturated rings. The summed E-state index contributed by atoms with van der Waals surface area (Å²) in [5, 5.41) is 5.06. The van der Waals surface area contributed by atoms with Gasteiger partial charge in [0, 0.05) is 22.6 Å². The summed E-state index contributed by atoms with van der Waals surface area (Å²) in [5.41, 5.74) is 2.33. The summed E-state index contributed by atoms with van der Waals surface area (Å²) < 4.78 is 26.6. The minimum atomic E-state index is -0.522. The average molecular weight is 486 g/mol. The van der Waals surface area contributed by atoms with Crippen LogP contribution >= 0.6 is 11.3 Å². The first-order valence-corrected chi connectivity index (χ1v) is 11.3. The highest BCUT2D eigenvalue weighted by Crippen LogP contribution is 2.39. The molecule has 0 saturated carbocycles. The second-order valence-electron chi connectivity index (χ2n) is 7.05. The highest BCUT2D eigenvalue weighted by Gasteiger charge is 2.24. The van der Waals surface area contributed by atoms with Crippen LogP contribution in [0, 0.1) is 0 Å². The Hall–Kier alpha value is -3.72. The number of carbonyl (C=O) groups is 2. The molecule has 1 amide bonds. The highest BCUT2D eigenvalue weighted by atomic mass is 32.1. The third-order valence-electron chi connectivity index (χ3n) is 5.06. The molecule has 1 heterocycles. The van der Waals surface area contributed by atoms with E-state index in [0.29, 0.717) is 39.1 Å². The van der Waals surface area contributed by atoms with E-state index in [1.54, 1.807) is 64.0 Å². The number of methoxy groups -OCH3 is 4. The molecular weight excluding hydrogens is 458 g/mol. The summed E-state index contributed by atoms with van der Waals surface area (Å²) in [7, 11) is 6.19. The number of ether oxygens (including phenoxy) is 5. The molecule has 3 aromatic rings. The number of nitrogens with one attached hydrogen (secondary N) is 1. The van der Waals surface area contributed by atoms with Crippen LogP contribution in [0.15, 0.2) is 41.8 Å². The summed E-state index contributed by atoms with van der Waals surface area (Å²) in [6.07, 6.45) is 0.0546. The van der Waals surface area contributed by atoms with Crippen LogP contribution in [-0.2, 0) is 16.0 Å². The van der Waals surface area contributed by atoms with Gasteiger partial charge in [0.25, 0.3) is 0 Å². The standard InChI is InChI=1S/C25H27NO7S/c1-6-33-25(28)23-18(15-8-10-19(30-3)21(11-15)32-5)14-34-24(23)26-22(27)12-16-7-9-17(29-2)13-20(16)31-4/h7-11,13-14H,6,12H2,1-5H3,(H,26,27). The van der Waals surface area contributed by atoms with Crippen molar-refractivity contribution in [3.8, 4) is 34.1 Å². The molecule has 9 heteroatoms. The molecule has 3 rings (SSSR count). The average Bonchev–Trinajstić information content (AvgIpc) is 3.27. The van der Waals surface area contributed by atoms with Gasteiger partial charge in [-0.1, -0.05) is 12.1 Å². The fraction of sp³-hybridized carbons (Fsp3) is 0.280. The predicted molar refractivity (Wildman–Crippen MR) is 131 cm³/mol. The van der Waals surface area contributed by atoms with Crippen molar-refractivity contribution >= 4 is 28.2 Å². The SMILES string of the molecule is CCOC(=O)c1c(-c2ccc(OC)c(OC)c2)csc1NC(=O)Cc1ccc(OC)cc1OC. The van der Waals surface area contributed by atoms with E-state index in [9.17, 15) is 9.59 Å². The van der Waals surface area contributed by atoms with Gasteiger partial charge >= 0.3 is 5.97 Å². The Labute approximate surface area is 202 Å². The third kappa shape index (κ3) is 5.43. The molecule has 0 bridgehead atoms. The normalized spacial score (nSPS) is 10.4. The Morgan fingerprint density at radius 1 is 0.882 bits per heavy atom. The van der Waals surface area contributed by atoms with Gasteiger partial charge in [-0.15, -0.1) is 11.3 Å². The summed E-state index contributed by atoms with van der Waals surface area (Å²) in [6.45, 7) is 1.94. The number of hydrogen-bond donors (Lipinski definition) is 1. The van der Waals surface area contributed by atoms with E-state index in [0.717, 1.165) is 5.56 Å². The molecule has 8 nitrogen and oxygen atoms in total. The maximum absolute atomic E-state index is 12.9. The molecule has 0 aliphatic rings. The van der Waals surface area contributed by atoms with E-state index >= 15 is 0 Å². The Morgan fingerprint density at radius 2 is 1.62 bits per heavy atom. The van der Waals surface area contributed by atoms with Crippen LogP contribution in [0.25, 0.3) is 11.1 Å². The second-order valence-corrected chi connectivity index (χ2v) is 7.93. The smallest absolute Gasteiger partial charge is 0.341 e. The van der Waals surface area contributed by atoms with Crippen LogP contribution in [0.1, 0.15) is 22.8 Å². The van der Waals surface area contributed by atoms with Gasteiger partial charge in [0.1, 0.15) is 22.1 Å². The zero-order chi connectivity index (χ0) is 24.7. The second kappa shape index (κ2) is 11.4. The number of amides is 1. The third-order valence-corrected chi connectivity index (χ3v) is 5.96. The van der Waals surface area contributed by atoms with Crippen LogP contribution in [0.2, 0.25) is 0 Å². The highest BCUT2D eigenvalue weighted by molar-refractivity contribution is 7.15. The number of carbonyl (C=O) groups excluding carboxylic acids is 2. The quantitative estimate of drug-likeness (QED) is 0.412. The van der Waals surface area contributed by atoms with E-state index in [-0.39, 0.29) is 24.5 Å². The molecule has 0 radical (unpaired) electrons. The van der Waals surface area contributed by atoms with Gasteiger partial charge in [-0.3, -0.25) is 4.79 Å². The first kappa shape index (κ1) is 24.9. The fourth-order valence-electron chi connectivity index (χ4n) is 3.41. The van der Waals surface area contributed by atoms with Crippen LogP contribution in [0.5, 0.6) is 23.0 Å². The van der Waals surface area contributed by atoms with E-state index in [1.807, 2.05) is 6.07 Å². The predicted octanol–water partition coefficient (Wildman–Crippen LogP) is 4.81. The lowest BCUT2D eigenvalue weighted by Gasteiger charge is -2.12. The fourth-order valence-corrected chi connectivity index (χ4v) is 4.39. The van der Waals surface area contributed by atoms with Gasteiger partial charge in [0.15, 0.2) is 11.5 Å². The van der Waals surface area contributed by atoms with Crippen LogP contribution < -0.4 is 24.3 Å². The van der Waals surface area contributed by atoms with Gasteiger partial charge in [-0.2, -0.15) is 0 Å². The number of benzene rings is 2. The van der Waals surface area contributed by atoms with Gasteiger partial charge in [0.05, 0.1) is 41.5 Å². The molecule has 34 heavy (non-hydrogen) atoms. The van der Waals surface area contributed by atoms with Crippen LogP contribution in [-0.4, -0.2) is 46.9 Å². The van der Waals surface area contributed by atoms with Crippen molar-refractivity contribution in [2.45, 2.75) is 13.3 Å². The van der Waals surface area contributed by atoms with Crippen molar-refractivity contribution in [3.63, 3.8) is 0 Å². The summed E-state index contributed by atoms with van der Waals surface area (Å²) >= 11 is 1.25. The Kier molecular flexibility index (Phi) is 8.37. The van der Waals surface area contributed by atoms with Gasteiger partial charge < -0.3 is 29.0 Å². The van der Waals surface area contributed by atoms with Gasteiger partial charge in [0.2, 0.25) is 5.91 Å². The zero-order valence-electron chi connectivity index (χ0n) is 19.7. The number of hydrogen-bond acceptors (Lipinski definition) is 8. The lowest BCUT2D eigenvalue weighted by Crippen LogP contribution is -2.17. The molecule has 0 spiro atoms. The summed E-state index contributed by atoms with van der Waals surface area (Å²) in [6, 6.07) is 10.6. The van der Waals surface area contributed by atoms with Crippen molar-refractivity contribution < 1.29 is 33.3 Å². The number of rotatable bonds is 10. The first-order valence-electron chi connectivity index (χ1n) is 10.5. The largest absolute Gasteiger partial charge is 0.497 e. The van der Waals surface area contributed by atoms with Crippen molar-refractivity contribution in [2.24, 2.45) is 0 Å². The molecule has 0 aliphatic carbocycles. The number of esters is 1. The number of anilines is 1. The van der Waals surface area contributed by atoms with E-state index < -0.39 is 5.97 Å². The first-order chi connectivity index (χ1) is 16.4. The summed E-state index contributed by atoms with van der Waals surface area (Å²) in [4.78, 5) is 25.7. The molecule has 180 valence electrons. The van der Waals surface area contributed by atoms with Crippen molar-refractivity contribution in [2.75, 3.05) is 40.4 Å². The molecule has 0 atom stereocenters. The zero-order valence-corrected chi connectivity index (χ0v) is 20.5. The van der Waals surface area contributed by atoms with Crippen molar-refractivity contribution in [3.05, 3.63) is 52.9 Å². The Morgan fingerprint density at radius 3 is 2.26 bits per heavy atom. The molecule has 0 unspecified atom stereocenters. The van der Waals surface area contributed by atoms with Gasteiger partial charge in [-0.25, -0.2) is 4.79 Å². The van der Waals surface area contributed by atoms with Gasteiger partial charge in [-0.05, 0) is 30.7 Å². The van der Waals surface area contributed by atoms with Crippen molar-refractivity contribution in [1.29, 1.82) is 0 Å². The lowest BCUT2D eigenvalue weighted by atomic mass is 10.0. The minimum absolute atomic E-state index is 0.0546. The van der Waals surface area contributed by atoms with Crippen molar-refractivity contribution in [1.82, 2.24) is 0 Å². The van der Waals surface area contributed by atoms with E-state index in [1.165, 1.54) is 18.4 Å². The Balaban J connectivity index is 1.93. The molecule has 0 saturated heterocycles. The molecule has 1 N–H and O–H groups in total. The number of thiophene rings is 1. The molecule has 1 aromatic heterocycles. The van der Waals surface area contributed by atoms with Crippen LogP contribution in [0.4, 0.5) is 5.00 Å².